The van der Waals surface area contributed by atoms with Crippen LogP contribution in [-0.4, -0.2) is 24.1 Å². The number of benzene rings is 1. The Morgan fingerprint density at radius 3 is 2.53 bits per heavy atom. The quantitative estimate of drug-likeness (QED) is 0.626. The summed E-state index contributed by atoms with van der Waals surface area (Å²) >= 11 is 0. The number of aliphatic hydroxyl groups is 1. The molecule has 0 aliphatic rings. The number of carbonyl (C=O) groups excluding carboxylic acids is 1. The van der Waals surface area contributed by atoms with Crippen LogP contribution in [0.5, 0.6) is 5.75 Å². The van der Waals surface area contributed by atoms with Crippen LogP contribution in [0, 0.1) is 18.8 Å². The minimum absolute atomic E-state index is 0.412. The molecule has 1 N–H and O–H groups in total. The Morgan fingerprint density at radius 2 is 2.06 bits per heavy atom. The molecule has 0 bridgehead atoms. The highest BCUT2D eigenvalue weighted by Gasteiger charge is 2.10. The molecule has 3 heteroatoms. The molecule has 17 heavy (non-hydrogen) atoms. The van der Waals surface area contributed by atoms with Crippen molar-refractivity contribution in [1.29, 1.82) is 0 Å². The first-order chi connectivity index (χ1) is 7.87. The van der Waals surface area contributed by atoms with Gasteiger partial charge in [0, 0.05) is 5.56 Å². The van der Waals surface area contributed by atoms with Crippen molar-refractivity contribution >= 4 is 6.29 Å². The van der Waals surface area contributed by atoms with Gasteiger partial charge >= 0.3 is 0 Å². The highest BCUT2D eigenvalue weighted by Crippen LogP contribution is 2.22. The average Bonchev–Trinajstić information content (AvgIpc) is 2.24. The zero-order valence-corrected chi connectivity index (χ0v) is 10.5. The largest absolute Gasteiger partial charge is 0.496 e. The molecule has 0 aliphatic heterocycles. The summed E-state index contributed by atoms with van der Waals surface area (Å²) in [5, 5.41) is 9.55. The molecule has 0 aromatic heterocycles. The van der Waals surface area contributed by atoms with Gasteiger partial charge < -0.3 is 9.84 Å². The molecule has 0 radical (unpaired) electrons. The highest BCUT2D eigenvalue weighted by molar-refractivity contribution is 5.84. The minimum Gasteiger partial charge on any atom is -0.496 e. The van der Waals surface area contributed by atoms with Crippen molar-refractivity contribution in [2.45, 2.75) is 26.4 Å². The summed E-state index contributed by atoms with van der Waals surface area (Å²) in [6.07, 6.45) is 0.715. The minimum atomic E-state index is -1.09. The molecule has 0 amide bonds. The fourth-order valence-corrected chi connectivity index (χ4v) is 1.38. The Kier molecular flexibility index (Phi) is 3.93. The van der Waals surface area contributed by atoms with Gasteiger partial charge in [0.25, 0.3) is 0 Å². The molecule has 0 atom stereocenters. The number of hydrogen-bond acceptors (Lipinski definition) is 3. The summed E-state index contributed by atoms with van der Waals surface area (Å²) < 4.78 is 5.13. The van der Waals surface area contributed by atoms with Crippen molar-refractivity contribution in [1.82, 2.24) is 0 Å². The molecule has 0 saturated carbocycles. The molecule has 1 aromatic rings. The number of carbonyl (C=O) groups is 1. The van der Waals surface area contributed by atoms with Crippen molar-refractivity contribution in [2.75, 3.05) is 7.11 Å². The van der Waals surface area contributed by atoms with Crippen LogP contribution >= 0.6 is 0 Å². The maximum atomic E-state index is 11.0. The van der Waals surface area contributed by atoms with Crippen molar-refractivity contribution < 1.29 is 14.6 Å². The fourth-order valence-electron chi connectivity index (χ4n) is 1.38. The van der Waals surface area contributed by atoms with Crippen LogP contribution in [0.15, 0.2) is 12.1 Å². The molecule has 0 spiro atoms. The predicted octanol–water partition coefficient (Wildman–Crippen LogP) is 1.94. The molecule has 0 unspecified atom stereocenters. The first kappa shape index (κ1) is 13.3. The number of rotatable bonds is 2. The lowest BCUT2D eigenvalue weighted by molar-refractivity contribution is 0.112. The normalized spacial score (nSPS) is 10.4. The van der Waals surface area contributed by atoms with Gasteiger partial charge in [-0.3, -0.25) is 4.79 Å². The van der Waals surface area contributed by atoms with E-state index >= 15 is 0 Å². The zero-order valence-electron chi connectivity index (χ0n) is 10.5. The third-order valence-corrected chi connectivity index (χ3v) is 2.13. The second kappa shape index (κ2) is 5.03. The van der Waals surface area contributed by atoms with E-state index in [4.69, 9.17) is 4.74 Å². The van der Waals surface area contributed by atoms with Gasteiger partial charge in [0.05, 0.1) is 12.7 Å². The summed E-state index contributed by atoms with van der Waals surface area (Å²) in [5.41, 5.74) is 0.846. The lowest BCUT2D eigenvalue weighted by atomic mass is 10.0. The summed E-state index contributed by atoms with van der Waals surface area (Å²) in [6, 6.07) is 3.57. The number of ether oxygens (including phenoxy) is 1. The first-order valence-corrected chi connectivity index (χ1v) is 5.27. The molecule has 1 aromatic carbocycles. The summed E-state index contributed by atoms with van der Waals surface area (Å²) in [7, 11) is 1.51. The lowest BCUT2D eigenvalue weighted by Gasteiger charge is -2.09. The molecule has 1 rings (SSSR count). The van der Waals surface area contributed by atoms with Gasteiger partial charge in [0.1, 0.15) is 11.4 Å². The van der Waals surface area contributed by atoms with Gasteiger partial charge in [0.2, 0.25) is 0 Å². The van der Waals surface area contributed by atoms with E-state index in [1.54, 1.807) is 26.0 Å². The van der Waals surface area contributed by atoms with Crippen LogP contribution in [0.4, 0.5) is 0 Å². The Labute approximate surface area is 101 Å². The van der Waals surface area contributed by atoms with Crippen molar-refractivity contribution in [3.63, 3.8) is 0 Å². The molecule has 90 valence electrons. The van der Waals surface area contributed by atoms with Crippen LogP contribution in [0.25, 0.3) is 0 Å². The van der Waals surface area contributed by atoms with E-state index in [-0.39, 0.29) is 0 Å². The smallest absolute Gasteiger partial charge is 0.155 e. The van der Waals surface area contributed by atoms with Crippen LogP contribution in [0.1, 0.15) is 35.3 Å². The van der Waals surface area contributed by atoms with E-state index in [1.165, 1.54) is 7.11 Å². The average molecular weight is 232 g/mol. The van der Waals surface area contributed by atoms with E-state index in [9.17, 15) is 9.90 Å². The van der Waals surface area contributed by atoms with Crippen LogP contribution < -0.4 is 4.74 Å². The van der Waals surface area contributed by atoms with Gasteiger partial charge in [-0.25, -0.2) is 0 Å². The number of hydrogen-bond donors (Lipinski definition) is 1. The predicted molar refractivity (Wildman–Crippen MR) is 66.3 cm³/mol. The van der Waals surface area contributed by atoms with Gasteiger partial charge in [-0.05, 0) is 38.5 Å². The van der Waals surface area contributed by atoms with Crippen molar-refractivity contribution in [3.8, 4) is 17.6 Å². The number of aldehydes is 1. The summed E-state index contributed by atoms with van der Waals surface area (Å²) in [5.74, 6) is 5.99. The summed E-state index contributed by atoms with van der Waals surface area (Å²) in [6.45, 7) is 5.08. The first-order valence-electron chi connectivity index (χ1n) is 5.27. The van der Waals surface area contributed by atoms with Gasteiger partial charge in [-0.15, -0.1) is 0 Å². The van der Waals surface area contributed by atoms with Crippen molar-refractivity contribution in [3.05, 3.63) is 28.8 Å². The molecule has 0 heterocycles. The highest BCUT2D eigenvalue weighted by atomic mass is 16.5. The molecular formula is C14H16O3. The van der Waals surface area contributed by atoms with E-state index in [2.05, 4.69) is 11.8 Å². The molecular weight excluding hydrogens is 216 g/mol. The Morgan fingerprint density at radius 1 is 1.41 bits per heavy atom. The van der Waals surface area contributed by atoms with Crippen LogP contribution in [0.3, 0.4) is 0 Å². The van der Waals surface area contributed by atoms with E-state index in [0.29, 0.717) is 23.2 Å². The van der Waals surface area contributed by atoms with Crippen molar-refractivity contribution in [2.24, 2.45) is 0 Å². The number of methoxy groups -OCH3 is 1. The van der Waals surface area contributed by atoms with E-state index < -0.39 is 5.60 Å². The zero-order chi connectivity index (χ0) is 13.1. The molecule has 0 saturated heterocycles. The Balaban J connectivity index is 3.35. The van der Waals surface area contributed by atoms with Crippen LogP contribution in [0.2, 0.25) is 0 Å². The Hall–Kier alpha value is -1.79. The third-order valence-electron chi connectivity index (χ3n) is 2.13. The fraction of sp³-hybridized carbons (Fsp3) is 0.357. The molecule has 0 fully saturated rings. The van der Waals surface area contributed by atoms with Gasteiger partial charge in [0.15, 0.2) is 6.29 Å². The third kappa shape index (κ3) is 3.61. The topological polar surface area (TPSA) is 46.5 Å². The molecule has 3 nitrogen and oxygen atoms in total. The van der Waals surface area contributed by atoms with E-state index in [1.807, 2.05) is 6.92 Å². The molecule has 0 aliphatic carbocycles. The second-order valence-corrected chi connectivity index (χ2v) is 4.36. The standard InChI is InChI=1S/C14H16O3/c1-10-7-11(5-6-14(2,3)16)12(9-15)13(8-10)17-4/h7-9,16H,1-4H3. The maximum Gasteiger partial charge on any atom is 0.155 e. The van der Waals surface area contributed by atoms with Gasteiger partial charge in [-0.2, -0.15) is 0 Å². The monoisotopic (exact) mass is 232 g/mol. The number of aryl methyl sites for hydroxylation is 1. The van der Waals surface area contributed by atoms with E-state index in [0.717, 1.165) is 5.56 Å². The second-order valence-electron chi connectivity index (χ2n) is 4.36. The lowest BCUT2D eigenvalue weighted by Crippen LogP contribution is -2.14. The summed E-state index contributed by atoms with van der Waals surface area (Å²) in [4.78, 5) is 11.0. The SMILES string of the molecule is COc1cc(C)cc(C#CC(C)(C)O)c1C=O. The van der Waals surface area contributed by atoms with Gasteiger partial charge in [-0.1, -0.05) is 11.8 Å². The maximum absolute atomic E-state index is 11.0. The Bertz CT molecular complexity index is 485. The van der Waals surface area contributed by atoms with Crippen LogP contribution in [-0.2, 0) is 0 Å².